The summed E-state index contributed by atoms with van der Waals surface area (Å²) in [4.78, 5) is 23.4. The zero-order valence-electron chi connectivity index (χ0n) is 16.2. The number of benzene rings is 1. The molecule has 0 aliphatic carbocycles. The highest BCUT2D eigenvalue weighted by Crippen LogP contribution is 2.28. The molecule has 5 rings (SSSR count). The van der Waals surface area contributed by atoms with E-state index in [9.17, 15) is 9.18 Å². The summed E-state index contributed by atoms with van der Waals surface area (Å²) >= 11 is 0. The second kappa shape index (κ2) is 7.34. The van der Waals surface area contributed by atoms with Crippen molar-refractivity contribution >= 4 is 16.9 Å². The van der Waals surface area contributed by atoms with Crippen LogP contribution in [0.2, 0.25) is 0 Å². The molecule has 1 atom stereocenters. The van der Waals surface area contributed by atoms with Gasteiger partial charge in [-0.2, -0.15) is 0 Å². The molecule has 1 aromatic carbocycles. The molecule has 1 aliphatic heterocycles. The van der Waals surface area contributed by atoms with Crippen molar-refractivity contribution in [3.8, 4) is 11.3 Å². The lowest BCUT2D eigenvalue weighted by atomic mass is 10.1. The molecule has 0 amide bonds. The van der Waals surface area contributed by atoms with E-state index in [-0.39, 0.29) is 17.4 Å². The van der Waals surface area contributed by atoms with Crippen LogP contribution in [-0.4, -0.2) is 39.3 Å². The van der Waals surface area contributed by atoms with Crippen LogP contribution in [0.1, 0.15) is 11.7 Å². The molecule has 0 saturated carbocycles. The van der Waals surface area contributed by atoms with E-state index >= 15 is 0 Å². The SMILES string of the molecule is Cn1c(N2CCNC(c3noc4cc(F)ccc34)C2)nc(-c2ccncc2)cc1=O. The van der Waals surface area contributed by atoms with Crippen molar-refractivity contribution in [2.24, 2.45) is 7.05 Å². The quantitative estimate of drug-likeness (QED) is 0.558. The average molecular weight is 406 g/mol. The Morgan fingerprint density at radius 2 is 2.03 bits per heavy atom. The molecule has 0 spiro atoms. The van der Waals surface area contributed by atoms with Crippen LogP contribution < -0.4 is 15.8 Å². The van der Waals surface area contributed by atoms with Crippen LogP contribution in [0.3, 0.4) is 0 Å². The summed E-state index contributed by atoms with van der Waals surface area (Å²) < 4.78 is 20.3. The predicted octanol–water partition coefficient (Wildman–Crippen LogP) is 2.27. The van der Waals surface area contributed by atoms with Crippen LogP contribution in [0.4, 0.5) is 10.3 Å². The van der Waals surface area contributed by atoms with Gasteiger partial charge in [0.05, 0.1) is 11.7 Å². The first-order valence-corrected chi connectivity index (χ1v) is 9.62. The Labute approximate surface area is 171 Å². The minimum absolute atomic E-state index is 0.135. The second-order valence-electron chi connectivity index (χ2n) is 7.24. The maximum Gasteiger partial charge on any atom is 0.255 e. The van der Waals surface area contributed by atoms with Gasteiger partial charge in [0.25, 0.3) is 5.56 Å². The fourth-order valence-electron chi connectivity index (χ4n) is 3.78. The van der Waals surface area contributed by atoms with E-state index < -0.39 is 0 Å². The van der Waals surface area contributed by atoms with Crippen molar-refractivity contribution in [3.05, 3.63) is 70.7 Å². The van der Waals surface area contributed by atoms with Gasteiger partial charge in [-0.3, -0.25) is 14.3 Å². The van der Waals surface area contributed by atoms with E-state index in [1.807, 2.05) is 12.1 Å². The summed E-state index contributed by atoms with van der Waals surface area (Å²) in [6.07, 6.45) is 3.35. The molecule has 4 heterocycles. The van der Waals surface area contributed by atoms with Crippen LogP contribution in [-0.2, 0) is 7.05 Å². The van der Waals surface area contributed by atoms with Crippen molar-refractivity contribution in [2.45, 2.75) is 6.04 Å². The van der Waals surface area contributed by atoms with Crippen molar-refractivity contribution in [3.63, 3.8) is 0 Å². The summed E-state index contributed by atoms with van der Waals surface area (Å²) in [5, 5.41) is 8.36. The van der Waals surface area contributed by atoms with Crippen molar-refractivity contribution in [1.29, 1.82) is 0 Å². The number of nitrogens with zero attached hydrogens (tertiary/aromatic N) is 5. The molecule has 30 heavy (non-hydrogen) atoms. The second-order valence-corrected chi connectivity index (χ2v) is 7.24. The Kier molecular flexibility index (Phi) is 4.51. The molecule has 1 fully saturated rings. The Bertz CT molecular complexity index is 1270. The van der Waals surface area contributed by atoms with E-state index in [0.717, 1.165) is 10.9 Å². The molecule has 4 aromatic rings. The number of hydrogen-bond donors (Lipinski definition) is 1. The number of rotatable bonds is 3. The Hall–Kier alpha value is -3.59. The summed E-state index contributed by atoms with van der Waals surface area (Å²) in [6, 6.07) is 9.43. The summed E-state index contributed by atoms with van der Waals surface area (Å²) in [5.41, 5.74) is 2.43. The maximum atomic E-state index is 13.5. The monoisotopic (exact) mass is 406 g/mol. The van der Waals surface area contributed by atoms with Gasteiger partial charge in [0.15, 0.2) is 5.58 Å². The highest BCUT2D eigenvalue weighted by atomic mass is 19.1. The topological polar surface area (TPSA) is 89.1 Å². The van der Waals surface area contributed by atoms with Crippen LogP contribution in [0.15, 0.2) is 58.1 Å². The maximum absolute atomic E-state index is 13.5. The number of nitrogens with one attached hydrogen (secondary N) is 1. The lowest BCUT2D eigenvalue weighted by Gasteiger charge is -2.34. The minimum atomic E-state index is -0.365. The Morgan fingerprint density at radius 1 is 1.20 bits per heavy atom. The van der Waals surface area contributed by atoms with Gasteiger partial charge in [0.1, 0.15) is 11.5 Å². The first-order chi connectivity index (χ1) is 14.6. The third-order valence-corrected chi connectivity index (χ3v) is 5.34. The summed E-state index contributed by atoms with van der Waals surface area (Å²) in [5.74, 6) is 0.218. The Balaban J connectivity index is 1.50. The molecular weight excluding hydrogens is 387 g/mol. The van der Waals surface area contributed by atoms with Crippen molar-refractivity contribution < 1.29 is 8.91 Å². The van der Waals surface area contributed by atoms with Crippen molar-refractivity contribution in [2.75, 3.05) is 24.5 Å². The van der Waals surface area contributed by atoms with Crippen LogP contribution in [0, 0.1) is 5.82 Å². The number of piperazine rings is 1. The van der Waals surface area contributed by atoms with E-state index in [2.05, 4.69) is 20.4 Å². The zero-order valence-corrected chi connectivity index (χ0v) is 16.2. The van der Waals surface area contributed by atoms with Crippen LogP contribution >= 0.6 is 0 Å². The Morgan fingerprint density at radius 3 is 2.87 bits per heavy atom. The third-order valence-electron chi connectivity index (χ3n) is 5.34. The van der Waals surface area contributed by atoms with Crippen molar-refractivity contribution in [1.82, 2.24) is 25.0 Å². The van der Waals surface area contributed by atoms with Crippen LogP contribution in [0.5, 0.6) is 0 Å². The number of pyridine rings is 1. The molecule has 1 N–H and O–H groups in total. The molecule has 8 nitrogen and oxygen atoms in total. The number of aromatic nitrogens is 4. The average Bonchev–Trinajstić information content (AvgIpc) is 3.19. The van der Waals surface area contributed by atoms with Gasteiger partial charge in [-0.05, 0) is 24.3 Å². The fourth-order valence-corrected chi connectivity index (χ4v) is 3.78. The van der Waals surface area contributed by atoms with E-state index in [1.54, 1.807) is 30.1 Å². The number of fused-ring (bicyclic) bond motifs is 1. The van der Waals surface area contributed by atoms with Gasteiger partial charge in [0, 0.05) is 62.2 Å². The molecule has 0 radical (unpaired) electrons. The largest absolute Gasteiger partial charge is 0.356 e. The molecule has 9 heteroatoms. The molecule has 152 valence electrons. The predicted molar refractivity (Wildman–Crippen MR) is 110 cm³/mol. The van der Waals surface area contributed by atoms with E-state index in [0.29, 0.717) is 42.6 Å². The van der Waals surface area contributed by atoms with Gasteiger partial charge in [-0.25, -0.2) is 9.37 Å². The van der Waals surface area contributed by atoms with Gasteiger partial charge in [-0.1, -0.05) is 5.16 Å². The minimum Gasteiger partial charge on any atom is -0.356 e. The molecule has 1 unspecified atom stereocenters. The standard InChI is InChI=1S/C21H19FN6O2/c1-27-19(29)11-16(13-4-6-23-7-5-13)25-21(27)28-9-8-24-17(12-28)20-15-3-2-14(22)10-18(15)30-26-20/h2-7,10-11,17,24H,8-9,12H2,1H3. The molecular formula is C21H19FN6O2. The van der Waals surface area contributed by atoms with Gasteiger partial charge in [-0.15, -0.1) is 0 Å². The van der Waals surface area contributed by atoms with Gasteiger partial charge < -0.3 is 14.7 Å². The fraction of sp³-hybridized carbons (Fsp3) is 0.238. The first kappa shape index (κ1) is 18.4. The number of anilines is 1. The van der Waals surface area contributed by atoms with E-state index in [1.165, 1.54) is 18.2 Å². The number of halogens is 1. The highest BCUT2D eigenvalue weighted by Gasteiger charge is 2.27. The van der Waals surface area contributed by atoms with Crippen LogP contribution in [0.25, 0.3) is 22.2 Å². The molecule has 0 bridgehead atoms. The lowest BCUT2D eigenvalue weighted by molar-refractivity contribution is 0.402. The highest BCUT2D eigenvalue weighted by molar-refractivity contribution is 5.80. The first-order valence-electron chi connectivity index (χ1n) is 9.62. The third kappa shape index (κ3) is 3.22. The van der Waals surface area contributed by atoms with Gasteiger partial charge in [0.2, 0.25) is 5.95 Å². The molecule has 1 saturated heterocycles. The number of hydrogen-bond acceptors (Lipinski definition) is 7. The molecule has 3 aromatic heterocycles. The summed E-state index contributed by atoms with van der Waals surface area (Å²) in [6.45, 7) is 1.90. The van der Waals surface area contributed by atoms with E-state index in [4.69, 9.17) is 9.51 Å². The normalized spacial score (nSPS) is 16.9. The summed E-state index contributed by atoms with van der Waals surface area (Å²) in [7, 11) is 1.71. The smallest absolute Gasteiger partial charge is 0.255 e. The zero-order chi connectivity index (χ0) is 20.7. The molecule has 1 aliphatic rings. The lowest BCUT2D eigenvalue weighted by Crippen LogP contribution is -2.48. The van der Waals surface area contributed by atoms with Gasteiger partial charge >= 0.3 is 0 Å².